The quantitative estimate of drug-likeness (QED) is 0.131. The van der Waals surface area contributed by atoms with Crippen LogP contribution in [-0.4, -0.2) is 10.9 Å². The molecular formula is C28H46O2. The molecule has 0 spiro atoms. The number of hydrogen-bond acceptors (Lipinski definition) is 2. The van der Waals surface area contributed by atoms with Crippen LogP contribution in [0.25, 0.3) is 0 Å². The maximum absolute atomic E-state index is 12.1. The maximum Gasteiger partial charge on any atom is 0.162 e. The third-order valence-corrected chi connectivity index (χ3v) is 5.85. The highest BCUT2D eigenvalue weighted by atomic mass is 16.3. The molecule has 0 amide bonds. The molecule has 2 heteroatoms. The maximum atomic E-state index is 12.1. The van der Waals surface area contributed by atoms with Gasteiger partial charge in [-0.1, -0.05) is 96.1 Å². The second-order valence-electron chi connectivity index (χ2n) is 8.72. The largest absolute Gasteiger partial charge is 0.508 e. The molecule has 0 aliphatic carbocycles. The highest BCUT2D eigenvalue weighted by Crippen LogP contribution is 2.15. The van der Waals surface area contributed by atoms with Crippen molar-refractivity contribution in [2.45, 2.75) is 122 Å². The summed E-state index contributed by atoms with van der Waals surface area (Å²) in [7, 11) is 0. The predicted molar refractivity (Wildman–Crippen MR) is 130 cm³/mol. The Morgan fingerprint density at radius 3 is 1.60 bits per heavy atom. The van der Waals surface area contributed by atoms with Gasteiger partial charge in [-0.3, -0.25) is 4.79 Å². The summed E-state index contributed by atoms with van der Waals surface area (Å²) in [5.74, 6) is 0.405. The molecule has 0 fully saturated rings. The van der Waals surface area contributed by atoms with E-state index in [1.807, 2.05) is 0 Å². The fraction of sp³-hybridized carbons (Fsp3) is 0.679. The number of ketones is 1. The summed E-state index contributed by atoms with van der Waals surface area (Å²) in [5.41, 5.74) is 0.713. The average molecular weight is 415 g/mol. The van der Waals surface area contributed by atoms with Gasteiger partial charge in [-0.25, -0.2) is 0 Å². The van der Waals surface area contributed by atoms with Gasteiger partial charge in [-0.05, 0) is 56.4 Å². The zero-order valence-electron chi connectivity index (χ0n) is 19.5. The lowest BCUT2D eigenvalue weighted by Crippen LogP contribution is -1.98. The van der Waals surface area contributed by atoms with Crippen molar-refractivity contribution in [1.82, 2.24) is 0 Å². The van der Waals surface area contributed by atoms with Crippen molar-refractivity contribution >= 4 is 5.78 Å². The van der Waals surface area contributed by atoms with Crippen LogP contribution in [0.2, 0.25) is 0 Å². The summed E-state index contributed by atoms with van der Waals surface area (Å²) < 4.78 is 0. The van der Waals surface area contributed by atoms with Gasteiger partial charge in [0.25, 0.3) is 0 Å². The molecule has 170 valence electrons. The summed E-state index contributed by atoms with van der Waals surface area (Å²) in [5, 5.41) is 9.27. The van der Waals surface area contributed by atoms with Gasteiger partial charge in [0.05, 0.1) is 0 Å². The molecule has 1 N–H and O–H groups in total. The number of phenolic OH excluding ortho intramolecular Hbond substituents is 1. The summed E-state index contributed by atoms with van der Waals surface area (Å²) in [6, 6.07) is 6.59. The number of carbonyl (C=O) groups excluding carboxylic acids is 1. The molecule has 0 unspecified atom stereocenters. The molecule has 1 rings (SSSR count). The number of hydrogen-bond donors (Lipinski definition) is 1. The Kier molecular flexibility index (Phi) is 17.1. The van der Waals surface area contributed by atoms with Crippen molar-refractivity contribution in [1.29, 1.82) is 0 Å². The van der Waals surface area contributed by atoms with Gasteiger partial charge in [0.15, 0.2) is 5.78 Å². The van der Waals surface area contributed by atoms with Crippen LogP contribution in [-0.2, 0) is 0 Å². The van der Waals surface area contributed by atoms with Gasteiger partial charge < -0.3 is 5.11 Å². The van der Waals surface area contributed by atoms with Crippen molar-refractivity contribution in [3.8, 4) is 5.75 Å². The molecule has 30 heavy (non-hydrogen) atoms. The topological polar surface area (TPSA) is 37.3 Å². The van der Waals surface area contributed by atoms with Gasteiger partial charge >= 0.3 is 0 Å². The number of carbonyl (C=O) groups is 1. The van der Waals surface area contributed by atoms with E-state index in [1.165, 1.54) is 96.3 Å². The number of phenols is 1. The fourth-order valence-electron chi connectivity index (χ4n) is 3.86. The van der Waals surface area contributed by atoms with Crippen molar-refractivity contribution in [3.05, 3.63) is 42.0 Å². The molecule has 2 nitrogen and oxygen atoms in total. The molecule has 0 aromatic heterocycles. The molecule has 0 radical (unpaired) electrons. The van der Waals surface area contributed by atoms with E-state index in [9.17, 15) is 9.90 Å². The summed E-state index contributed by atoms with van der Waals surface area (Å²) in [4.78, 5) is 12.1. The van der Waals surface area contributed by atoms with E-state index < -0.39 is 0 Å². The normalized spacial score (nSPS) is 11.4. The lowest BCUT2D eigenvalue weighted by atomic mass is 10.0. The fourth-order valence-corrected chi connectivity index (χ4v) is 3.86. The molecule has 0 saturated carbocycles. The van der Waals surface area contributed by atoms with Crippen molar-refractivity contribution < 1.29 is 9.90 Å². The second-order valence-corrected chi connectivity index (χ2v) is 8.72. The Labute approximate surface area is 186 Å². The minimum atomic E-state index is 0.191. The van der Waals surface area contributed by atoms with Crippen molar-refractivity contribution in [2.75, 3.05) is 0 Å². The number of allylic oxidation sites excluding steroid dienone is 2. The van der Waals surface area contributed by atoms with E-state index in [1.54, 1.807) is 24.3 Å². The predicted octanol–water partition coefficient (Wildman–Crippen LogP) is 9.17. The van der Waals surface area contributed by atoms with E-state index in [2.05, 4.69) is 19.1 Å². The number of benzene rings is 1. The zero-order chi connectivity index (χ0) is 21.7. The minimum absolute atomic E-state index is 0.191. The van der Waals surface area contributed by atoms with Crippen LogP contribution in [0.5, 0.6) is 5.75 Å². The smallest absolute Gasteiger partial charge is 0.162 e. The lowest BCUT2D eigenvalue weighted by molar-refractivity contribution is 0.0979. The third-order valence-electron chi connectivity index (χ3n) is 5.85. The molecule has 0 aliphatic heterocycles. The number of aromatic hydroxyl groups is 1. The summed E-state index contributed by atoms with van der Waals surface area (Å²) in [6.07, 6.45) is 27.7. The van der Waals surface area contributed by atoms with Crippen LogP contribution in [0.3, 0.4) is 0 Å². The minimum Gasteiger partial charge on any atom is -0.508 e. The Morgan fingerprint density at radius 1 is 0.667 bits per heavy atom. The van der Waals surface area contributed by atoms with Gasteiger partial charge in [0.1, 0.15) is 5.75 Å². The number of rotatable bonds is 20. The molecule has 0 bridgehead atoms. The van der Waals surface area contributed by atoms with Gasteiger partial charge in [-0.2, -0.15) is 0 Å². The second kappa shape index (κ2) is 19.4. The highest BCUT2D eigenvalue weighted by molar-refractivity contribution is 5.96. The third kappa shape index (κ3) is 15.3. The van der Waals surface area contributed by atoms with Crippen molar-refractivity contribution in [2.24, 2.45) is 0 Å². The molecule has 1 aromatic rings. The molecule has 0 saturated heterocycles. The molecular weight excluding hydrogens is 368 g/mol. The van der Waals surface area contributed by atoms with E-state index in [-0.39, 0.29) is 11.5 Å². The summed E-state index contributed by atoms with van der Waals surface area (Å²) in [6.45, 7) is 2.27. The van der Waals surface area contributed by atoms with E-state index in [0.717, 1.165) is 12.8 Å². The van der Waals surface area contributed by atoms with Gasteiger partial charge in [0.2, 0.25) is 0 Å². The first-order chi connectivity index (χ1) is 14.7. The number of unbranched alkanes of at least 4 members (excludes halogenated alkanes) is 15. The Hall–Kier alpha value is -1.57. The lowest BCUT2D eigenvalue weighted by Gasteiger charge is -2.03. The van der Waals surface area contributed by atoms with Crippen LogP contribution in [0.4, 0.5) is 0 Å². The summed E-state index contributed by atoms with van der Waals surface area (Å²) >= 11 is 0. The van der Waals surface area contributed by atoms with Crippen LogP contribution in [0.15, 0.2) is 36.4 Å². The SMILES string of the molecule is CCCCCCCCC=CCCCCCCCCCCCC(=O)c1ccc(O)cc1. The monoisotopic (exact) mass is 414 g/mol. The Morgan fingerprint density at radius 2 is 1.10 bits per heavy atom. The first-order valence-electron chi connectivity index (χ1n) is 12.7. The zero-order valence-corrected chi connectivity index (χ0v) is 19.5. The highest BCUT2D eigenvalue weighted by Gasteiger charge is 2.05. The molecule has 1 aromatic carbocycles. The average Bonchev–Trinajstić information content (AvgIpc) is 2.75. The van der Waals surface area contributed by atoms with Crippen LogP contribution >= 0.6 is 0 Å². The van der Waals surface area contributed by atoms with Crippen LogP contribution in [0, 0.1) is 0 Å². The number of Topliss-reactive ketones (excluding diaryl/α,β-unsaturated/α-hetero) is 1. The standard InChI is InChI=1S/C28H46O2/c1-2-3-4-5-6-7-8-9-10-11-12-13-14-15-16-17-18-19-20-21-28(30)26-22-24-27(29)25-23-26/h9-10,22-25,29H,2-8,11-21H2,1H3. The van der Waals surface area contributed by atoms with E-state index >= 15 is 0 Å². The van der Waals surface area contributed by atoms with Gasteiger partial charge in [-0.15, -0.1) is 0 Å². The Bertz CT molecular complexity index is 544. The molecule has 0 aliphatic rings. The Balaban J connectivity index is 1.80. The van der Waals surface area contributed by atoms with E-state index in [0.29, 0.717) is 12.0 Å². The van der Waals surface area contributed by atoms with Gasteiger partial charge in [0, 0.05) is 12.0 Å². The van der Waals surface area contributed by atoms with Crippen LogP contribution < -0.4 is 0 Å². The van der Waals surface area contributed by atoms with Crippen LogP contribution in [0.1, 0.15) is 133 Å². The first-order valence-corrected chi connectivity index (χ1v) is 12.7. The first kappa shape index (κ1) is 26.5. The van der Waals surface area contributed by atoms with Crippen molar-refractivity contribution in [3.63, 3.8) is 0 Å². The molecule has 0 atom stereocenters. The van der Waals surface area contributed by atoms with E-state index in [4.69, 9.17) is 0 Å². The molecule has 0 heterocycles.